The molecule has 0 radical (unpaired) electrons. The number of thioether (sulfide) groups is 1. The maximum atomic E-state index is 12.3. The molecule has 1 amide bonds. The Morgan fingerprint density at radius 2 is 2.23 bits per heavy atom. The fraction of sp³-hybridized carbons (Fsp3) is 0.500. The number of rotatable bonds is 3. The van der Waals surface area contributed by atoms with E-state index < -0.39 is 0 Å². The second-order valence-electron chi connectivity index (χ2n) is 5.41. The predicted octanol–water partition coefficient (Wildman–Crippen LogP) is 2.34. The molecule has 0 aromatic carbocycles. The maximum absolute atomic E-state index is 12.3. The summed E-state index contributed by atoms with van der Waals surface area (Å²) >= 11 is 7.27. The lowest BCUT2D eigenvalue weighted by molar-refractivity contribution is -0.140. The Bertz CT molecular complexity index is 683. The number of carbonyl (C=O) groups is 1. The minimum Gasteiger partial charge on any atom is -0.372 e. The molecule has 0 spiro atoms. The number of fused-ring (bicyclic) bond motifs is 1. The van der Waals surface area contributed by atoms with Crippen LogP contribution in [0.5, 0.6) is 0 Å². The highest BCUT2D eigenvalue weighted by molar-refractivity contribution is 7.99. The second kappa shape index (κ2) is 6.44. The van der Waals surface area contributed by atoms with E-state index in [4.69, 9.17) is 16.3 Å². The van der Waals surface area contributed by atoms with Crippen molar-refractivity contribution >= 4 is 40.4 Å². The van der Waals surface area contributed by atoms with Gasteiger partial charge in [0.15, 0.2) is 10.8 Å². The zero-order valence-electron chi connectivity index (χ0n) is 12.4. The molecule has 3 rings (SSSR count). The number of aromatic amines is 1. The minimum atomic E-state index is 0.0789. The molecular formula is C14H17ClN4O2S. The molecule has 3 heterocycles. The van der Waals surface area contributed by atoms with Crippen LogP contribution in [0.3, 0.4) is 0 Å². The Balaban J connectivity index is 1.62. The molecule has 2 atom stereocenters. The number of pyridine rings is 1. The van der Waals surface area contributed by atoms with Gasteiger partial charge >= 0.3 is 0 Å². The lowest BCUT2D eigenvalue weighted by Gasteiger charge is -2.35. The van der Waals surface area contributed by atoms with Crippen LogP contribution < -0.4 is 0 Å². The van der Waals surface area contributed by atoms with Crippen molar-refractivity contribution in [3.63, 3.8) is 0 Å². The number of amides is 1. The average Bonchev–Trinajstić information content (AvgIpc) is 2.85. The van der Waals surface area contributed by atoms with Gasteiger partial charge in [-0.1, -0.05) is 23.4 Å². The normalized spacial score (nSPS) is 22.2. The largest absolute Gasteiger partial charge is 0.372 e. The van der Waals surface area contributed by atoms with E-state index in [0.717, 1.165) is 5.52 Å². The summed E-state index contributed by atoms with van der Waals surface area (Å²) in [5.74, 6) is 0.436. The van der Waals surface area contributed by atoms with Crippen molar-refractivity contribution in [1.82, 2.24) is 19.9 Å². The topological polar surface area (TPSA) is 71.1 Å². The van der Waals surface area contributed by atoms with Crippen molar-refractivity contribution in [2.45, 2.75) is 31.2 Å². The third-order valence-corrected chi connectivity index (χ3v) is 4.45. The lowest BCUT2D eigenvalue weighted by atomic mass is 10.2. The van der Waals surface area contributed by atoms with Crippen LogP contribution in [0.25, 0.3) is 11.2 Å². The summed E-state index contributed by atoms with van der Waals surface area (Å²) in [7, 11) is 0. The quantitative estimate of drug-likeness (QED) is 0.868. The van der Waals surface area contributed by atoms with Crippen LogP contribution in [-0.2, 0) is 9.53 Å². The Labute approximate surface area is 137 Å². The molecule has 2 aromatic heterocycles. The highest BCUT2D eigenvalue weighted by atomic mass is 35.5. The Morgan fingerprint density at radius 1 is 1.50 bits per heavy atom. The number of halogens is 1. The van der Waals surface area contributed by atoms with Gasteiger partial charge in [-0.3, -0.25) is 4.79 Å². The third kappa shape index (κ3) is 3.53. The molecule has 2 aromatic rings. The van der Waals surface area contributed by atoms with E-state index in [9.17, 15) is 4.79 Å². The van der Waals surface area contributed by atoms with Crippen LogP contribution in [0.1, 0.15) is 13.8 Å². The fourth-order valence-electron chi connectivity index (χ4n) is 2.52. The van der Waals surface area contributed by atoms with E-state index in [1.54, 1.807) is 12.3 Å². The van der Waals surface area contributed by atoms with Crippen molar-refractivity contribution in [3.05, 3.63) is 17.3 Å². The molecule has 0 saturated carbocycles. The zero-order valence-corrected chi connectivity index (χ0v) is 13.9. The molecule has 6 nitrogen and oxygen atoms in total. The van der Waals surface area contributed by atoms with Gasteiger partial charge in [-0.2, -0.15) is 0 Å². The van der Waals surface area contributed by atoms with Gasteiger partial charge in [-0.15, -0.1) is 0 Å². The first-order chi connectivity index (χ1) is 10.5. The van der Waals surface area contributed by atoms with Gasteiger partial charge in [0, 0.05) is 19.3 Å². The van der Waals surface area contributed by atoms with Gasteiger partial charge in [0.25, 0.3) is 0 Å². The molecule has 0 bridgehead atoms. The Hall–Kier alpha value is -1.31. The number of hydrogen-bond donors (Lipinski definition) is 1. The monoisotopic (exact) mass is 340 g/mol. The molecule has 2 unspecified atom stereocenters. The summed E-state index contributed by atoms with van der Waals surface area (Å²) < 4.78 is 5.64. The van der Waals surface area contributed by atoms with Crippen LogP contribution in [0.2, 0.25) is 5.02 Å². The number of ether oxygens (including phenoxy) is 1. The van der Waals surface area contributed by atoms with E-state index in [2.05, 4.69) is 15.0 Å². The van der Waals surface area contributed by atoms with Crippen molar-refractivity contribution in [1.29, 1.82) is 0 Å². The molecule has 1 fully saturated rings. The van der Waals surface area contributed by atoms with Gasteiger partial charge in [0.2, 0.25) is 5.91 Å². The maximum Gasteiger partial charge on any atom is 0.233 e. The first-order valence-electron chi connectivity index (χ1n) is 7.08. The molecule has 0 aliphatic carbocycles. The van der Waals surface area contributed by atoms with E-state index in [1.807, 2.05) is 18.7 Å². The Morgan fingerprint density at radius 3 is 2.95 bits per heavy atom. The van der Waals surface area contributed by atoms with E-state index in [1.165, 1.54) is 11.8 Å². The summed E-state index contributed by atoms with van der Waals surface area (Å²) in [6.07, 6.45) is 1.71. The first kappa shape index (κ1) is 15.6. The average molecular weight is 341 g/mol. The lowest BCUT2D eigenvalue weighted by Crippen LogP contribution is -2.48. The van der Waals surface area contributed by atoms with Crippen molar-refractivity contribution in [2.24, 2.45) is 0 Å². The Kier molecular flexibility index (Phi) is 4.56. The van der Waals surface area contributed by atoms with Gasteiger partial charge in [0.05, 0.1) is 28.5 Å². The van der Waals surface area contributed by atoms with Crippen LogP contribution in [0, 0.1) is 0 Å². The molecule has 1 aliphatic heterocycles. The molecule has 22 heavy (non-hydrogen) atoms. The van der Waals surface area contributed by atoms with Gasteiger partial charge < -0.3 is 14.6 Å². The van der Waals surface area contributed by atoms with Gasteiger partial charge in [-0.05, 0) is 19.9 Å². The minimum absolute atomic E-state index is 0.0789. The standard InChI is InChI=1S/C14H17ClN4O2S/c1-8-5-19(6-9(2)21-8)12(20)7-22-14-17-11-3-10(15)4-16-13(11)18-14/h3-4,8-9H,5-7H2,1-2H3,(H,16,17,18). The van der Waals surface area contributed by atoms with Crippen LogP contribution in [0.4, 0.5) is 0 Å². The number of hydrogen-bond acceptors (Lipinski definition) is 5. The number of nitrogens with zero attached hydrogens (tertiary/aromatic N) is 3. The SMILES string of the molecule is CC1CN(C(=O)CSc2nc3ncc(Cl)cc3[nH]2)CC(C)O1. The highest BCUT2D eigenvalue weighted by Crippen LogP contribution is 2.21. The summed E-state index contributed by atoms with van der Waals surface area (Å²) in [5.41, 5.74) is 1.38. The van der Waals surface area contributed by atoms with Crippen molar-refractivity contribution in [3.8, 4) is 0 Å². The van der Waals surface area contributed by atoms with Crippen LogP contribution in [0.15, 0.2) is 17.4 Å². The van der Waals surface area contributed by atoms with Crippen LogP contribution in [-0.4, -0.2) is 56.8 Å². The van der Waals surface area contributed by atoms with E-state index in [-0.39, 0.29) is 18.1 Å². The number of nitrogens with one attached hydrogen (secondary N) is 1. The summed E-state index contributed by atoms with van der Waals surface area (Å²) in [4.78, 5) is 25.8. The zero-order chi connectivity index (χ0) is 15.7. The molecule has 1 saturated heterocycles. The number of imidazole rings is 1. The number of carbonyl (C=O) groups excluding carboxylic acids is 1. The molecule has 1 aliphatic rings. The number of morpholine rings is 1. The summed E-state index contributed by atoms with van der Waals surface area (Å²) in [6.45, 7) is 5.25. The summed E-state index contributed by atoms with van der Waals surface area (Å²) in [5, 5.41) is 1.23. The van der Waals surface area contributed by atoms with Gasteiger partial charge in [0.1, 0.15) is 0 Å². The van der Waals surface area contributed by atoms with E-state index in [0.29, 0.717) is 34.7 Å². The number of aromatic nitrogens is 3. The molecule has 118 valence electrons. The second-order valence-corrected chi connectivity index (χ2v) is 6.81. The van der Waals surface area contributed by atoms with Crippen LogP contribution >= 0.6 is 23.4 Å². The number of H-pyrrole nitrogens is 1. The molecular weight excluding hydrogens is 324 g/mol. The van der Waals surface area contributed by atoms with Gasteiger partial charge in [-0.25, -0.2) is 9.97 Å². The highest BCUT2D eigenvalue weighted by Gasteiger charge is 2.25. The molecule has 8 heteroatoms. The molecule has 1 N–H and O–H groups in total. The van der Waals surface area contributed by atoms with E-state index >= 15 is 0 Å². The third-order valence-electron chi connectivity index (χ3n) is 3.39. The fourth-order valence-corrected chi connectivity index (χ4v) is 3.46. The first-order valence-corrected chi connectivity index (χ1v) is 8.45. The van der Waals surface area contributed by atoms with Crippen molar-refractivity contribution < 1.29 is 9.53 Å². The van der Waals surface area contributed by atoms with Crippen molar-refractivity contribution in [2.75, 3.05) is 18.8 Å². The smallest absolute Gasteiger partial charge is 0.233 e. The predicted molar refractivity (Wildman–Crippen MR) is 86.2 cm³/mol. The summed E-state index contributed by atoms with van der Waals surface area (Å²) in [6, 6.07) is 1.77.